The number of cyclic esters (lactones) is 1. The van der Waals surface area contributed by atoms with Crippen LogP contribution in [0.5, 0.6) is 0 Å². The number of likely N-dealkylation sites (tertiary alicyclic amines) is 1. The third-order valence-corrected chi connectivity index (χ3v) is 6.91. The Morgan fingerprint density at radius 1 is 1.24 bits per heavy atom. The lowest BCUT2D eigenvalue weighted by atomic mass is 9.68. The average molecular weight is 340 g/mol. The molecule has 5 nitrogen and oxygen atoms in total. The van der Waals surface area contributed by atoms with Gasteiger partial charge in [0.1, 0.15) is 6.61 Å². The summed E-state index contributed by atoms with van der Waals surface area (Å²) in [6, 6.07) is 8.93. The van der Waals surface area contributed by atoms with Gasteiger partial charge < -0.3 is 15.0 Å². The zero-order valence-corrected chi connectivity index (χ0v) is 14.6. The van der Waals surface area contributed by atoms with E-state index in [-0.39, 0.29) is 23.5 Å². The first-order valence-electron chi connectivity index (χ1n) is 9.31. The van der Waals surface area contributed by atoms with Gasteiger partial charge in [0.2, 0.25) is 5.91 Å². The third-order valence-electron chi connectivity index (χ3n) is 6.91. The molecule has 25 heavy (non-hydrogen) atoms. The van der Waals surface area contributed by atoms with E-state index in [2.05, 4.69) is 41.4 Å². The van der Waals surface area contributed by atoms with Crippen molar-refractivity contribution >= 4 is 12.0 Å². The van der Waals surface area contributed by atoms with Gasteiger partial charge in [-0.2, -0.15) is 0 Å². The van der Waals surface area contributed by atoms with Crippen molar-refractivity contribution in [2.45, 2.75) is 43.6 Å². The summed E-state index contributed by atoms with van der Waals surface area (Å²) < 4.78 is 5.00. The lowest BCUT2D eigenvalue weighted by molar-refractivity contribution is -0.142. The molecule has 1 spiro atoms. The fraction of sp³-hybridized carbons (Fsp3) is 0.600. The Balaban J connectivity index is 1.21. The molecule has 2 unspecified atom stereocenters. The summed E-state index contributed by atoms with van der Waals surface area (Å²) in [6.45, 7) is 4.28. The molecule has 0 aromatic heterocycles. The summed E-state index contributed by atoms with van der Waals surface area (Å²) in [7, 11) is 0. The summed E-state index contributed by atoms with van der Waals surface area (Å²) in [4.78, 5) is 26.1. The maximum Gasteiger partial charge on any atom is 0.407 e. The minimum Gasteiger partial charge on any atom is -0.447 e. The highest BCUT2D eigenvalue weighted by atomic mass is 16.6. The van der Waals surface area contributed by atoms with Gasteiger partial charge in [-0.05, 0) is 44.1 Å². The number of nitrogens with zero attached hydrogens (tertiary/aromatic N) is 1. The van der Waals surface area contributed by atoms with Crippen LogP contribution in [-0.4, -0.2) is 42.1 Å². The van der Waals surface area contributed by atoms with Gasteiger partial charge in [-0.1, -0.05) is 29.8 Å². The van der Waals surface area contributed by atoms with Crippen LogP contribution in [0.25, 0.3) is 0 Å². The van der Waals surface area contributed by atoms with E-state index in [1.165, 1.54) is 17.5 Å². The molecule has 2 aliphatic carbocycles. The number of ether oxygens (including phenoxy) is 1. The zero-order chi connectivity index (χ0) is 17.2. The summed E-state index contributed by atoms with van der Waals surface area (Å²) in [5.41, 5.74) is 2.80. The van der Waals surface area contributed by atoms with Gasteiger partial charge in [0.05, 0.1) is 5.54 Å². The van der Waals surface area contributed by atoms with Crippen molar-refractivity contribution in [3.8, 4) is 0 Å². The van der Waals surface area contributed by atoms with Crippen LogP contribution in [0.1, 0.15) is 36.8 Å². The number of nitrogens with one attached hydrogen (secondary N) is 1. The van der Waals surface area contributed by atoms with E-state index in [1.54, 1.807) is 0 Å². The molecule has 1 aromatic rings. The van der Waals surface area contributed by atoms with Crippen LogP contribution in [-0.2, 0) is 14.9 Å². The van der Waals surface area contributed by atoms with E-state index in [1.807, 2.05) is 0 Å². The highest BCUT2D eigenvalue weighted by Crippen LogP contribution is 2.59. The lowest BCUT2D eigenvalue weighted by Gasteiger charge is -2.44. The quantitative estimate of drug-likeness (QED) is 0.899. The molecule has 0 radical (unpaired) electrons. The van der Waals surface area contributed by atoms with Crippen LogP contribution in [0.4, 0.5) is 4.79 Å². The van der Waals surface area contributed by atoms with Crippen LogP contribution in [0.3, 0.4) is 0 Å². The normalized spacial score (nSPS) is 38.6. The standard InChI is InChI=1S/C20H24N2O3/c1-13-2-4-15(5-3-13)20-6-7-22(11-16(20)10-20)17(23)14-8-19(9-14)12-25-18(24)21-19/h2-5,14,16H,6-12H2,1H3,(H,21,24)/t14-,16?,19+,20?. The third kappa shape index (κ3) is 2.28. The molecule has 2 amide bonds. The molecule has 4 aliphatic rings. The number of fused-ring (bicyclic) bond motifs is 1. The molecular formula is C20H24N2O3. The van der Waals surface area contributed by atoms with E-state index < -0.39 is 0 Å². The molecule has 2 saturated carbocycles. The molecule has 2 aliphatic heterocycles. The number of benzene rings is 1. The topological polar surface area (TPSA) is 58.6 Å². The average Bonchev–Trinajstić information content (AvgIpc) is 3.19. The first kappa shape index (κ1) is 15.2. The van der Waals surface area contributed by atoms with E-state index in [9.17, 15) is 9.59 Å². The molecule has 5 heteroatoms. The van der Waals surface area contributed by atoms with Gasteiger partial charge in [-0.3, -0.25) is 4.79 Å². The summed E-state index contributed by atoms with van der Waals surface area (Å²) in [6.07, 6.45) is 3.39. The first-order chi connectivity index (χ1) is 12.0. The second-order valence-electron chi connectivity index (χ2n) is 8.54. The number of aryl methyl sites for hydroxylation is 1. The molecule has 2 saturated heterocycles. The fourth-order valence-corrected chi connectivity index (χ4v) is 5.23. The van der Waals surface area contributed by atoms with Crippen LogP contribution < -0.4 is 5.32 Å². The van der Waals surface area contributed by atoms with Crippen LogP contribution in [0.2, 0.25) is 0 Å². The maximum absolute atomic E-state index is 12.8. The van der Waals surface area contributed by atoms with Crippen LogP contribution in [0, 0.1) is 18.8 Å². The van der Waals surface area contributed by atoms with Crippen LogP contribution >= 0.6 is 0 Å². The van der Waals surface area contributed by atoms with Crippen LogP contribution in [0.15, 0.2) is 24.3 Å². The van der Waals surface area contributed by atoms with Gasteiger partial charge in [0, 0.05) is 24.4 Å². The highest BCUT2D eigenvalue weighted by molar-refractivity contribution is 5.82. The second kappa shape index (κ2) is 4.99. The van der Waals surface area contributed by atoms with Crippen molar-refractivity contribution in [1.82, 2.24) is 10.2 Å². The SMILES string of the molecule is Cc1ccc(C23CCN(C(=O)[C@H]4C[C@]5(COC(=O)N5)C4)CC2C3)cc1. The minimum atomic E-state index is -0.343. The minimum absolute atomic E-state index is 0.0487. The van der Waals surface area contributed by atoms with Gasteiger partial charge >= 0.3 is 6.09 Å². The maximum atomic E-state index is 12.8. The number of alkyl carbamates (subject to hydrolysis) is 1. The largest absolute Gasteiger partial charge is 0.447 e. The van der Waals surface area contributed by atoms with Crippen molar-refractivity contribution in [3.05, 3.63) is 35.4 Å². The fourth-order valence-electron chi connectivity index (χ4n) is 5.23. The summed E-state index contributed by atoms with van der Waals surface area (Å²) in [5, 5.41) is 2.87. The Hall–Kier alpha value is -2.04. The predicted octanol–water partition coefficient (Wildman–Crippen LogP) is 2.37. The molecular weight excluding hydrogens is 316 g/mol. The number of piperidine rings is 1. The summed E-state index contributed by atoms with van der Waals surface area (Å²) >= 11 is 0. The number of hydrogen-bond donors (Lipinski definition) is 1. The number of carbonyl (C=O) groups is 2. The molecule has 4 fully saturated rings. The van der Waals surface area contributed by atoms with Crippen molar-refractivity contribution in [1.29, 1.82) is 0 Å². The molecule has 0 bridgehead atoms. The van der Waals surface area contributed by atoms with Gasteiger partial charge in [0.15, 0.2) is 0 Å². The monoisotopic (exact) mass is 340 g/mol. The first-order valence-corrected chi connectivity index (χ1v) is 9.31. The molecule has 2 heterocycles. The molecule has 132 valence electrons. The smallest absolute Gasteiger partial charge is 0.407 e. The zero-order valence-electron chi connectivity index (χ0n) is 14.6. The molecule has 5 rings (SSSR count). The van der Waals surface area contributed by atoms with Gasteiger partial charge in [-0.15, -0.1) is 0 Å². The lowest BCUT2D eigenvalue weighted by Crippen LogP contribution is -2.58. The molecule has 1 N–H and O–H groups in total. The van der Waals surface area contributed by atoms with Crippen molar-refractivity contribution < 1.29 is 14.3 Å². The van der Waals surface area contributed by atoms with Crippen molar-refractivity contribution in [2.24, 2.45) is 11.8 Å². The van der Waals surface area contributed by atoms with Gasteiger partial charge in [0.25, 0.3) is 0 Å². The number of carbonyl (C=O) groups excluding carboxylic acids is 2. The van der Waals surface area contributed by atoms with E-state index in [0.29, 0.717) is 17.9 Å². The second-order valence-corrected chi connectivity index (χ2v) is 8.54. The molecule has 2 atom stereocenters. The van der Waals surface area contributed by atoms with Gasteiger partial charge in [-0.25, -0.2) is 4.79 Å². The van der Waals surface area contributed by atoms with E-state index in [0.717, 1.165) is 32.4 Å². The molecule has 1 aromatic carbocycles. The van der Waals surface area contributed by atoms with E-state index >= 15 is 0 Å². The predicted molar refractivity (Wildman–Crippen MR) is 92.1 cm³/mol. The number of rotatable bonds is 2. The number of hydrogen-bond acceptors (Lipinski definition) is 3. The highest BCUT2D eigenvalue weighted by Gasteiger charge is 2.59. The Labute approximate surface area is 147 Å². The Morgan fingerprint density at radius 3 is 2.64 bits per heavy atom. The summed E-state index contributed by atoms with van der Waals surface area (Å²) in [5.74, 6) is 0.931. The Kier molecular flexibility index (Phi) is 3.04. The van der Waals surface area contributed by atoms with E-state index in [4.69, 9.17) is 4.74 Å². The Morgan fingerprint density at radius 2 is 2.00 bits per heavy atom. The van der Waals surface area contributed by atoms with Crippen molar-refractivity contribution in [3.63, 3.8) is 0 Å². The number of amides is 2. The van der Waals surface area contributed by atoms with Crippen molar-refractivity contribution in [2.75, 3.05) is 19.7 Å². The Bertz CT molecular complexity index is 738.